The van der Waals surface area contributed by atoms with E-state index in [9.17, 15) is 14.4 Å². The van der Waals surface area contributed by atoms with Gasteiger partial charge in [0, 0.05) is 19.3 Å². The van der Waals surface area contributed by atoms with Crippen molar-refractivity contribution in [2.45, 2.75) is 277 Å². The van der Waals surface area contributed by atoms with Gasteiger partial charge in [0.2, 0.25) is 0 Å². The smallest absolute Gasteiger partial charge is 0.306 e. The van der Waals surface area contributed by atoms with Crippen LogP contribution in [0.15, 0.2) is 134 Å². The van der Waals surface area contributed by atoms with E-state index >= 15 is 0 Å². The van der Waals surface area contributed by atoms with Crippen molar-refractivity contribution in [2.75, 3.05) is 13.2 Å². The molecule has 0 aromatic rings. The lowest BCUT2D eigenvalue weighted by molar-refractivity contribution is -0.167. The van der Waals surface area contributed by atoms with E-state index in [1.165, 1.54) is 116 Å². The number of allylic oxidation sites excluding steroid dienone is 22. The van der Waals surface area contributed by atoms with E-state index in [2.05, 4.69) is 154 Å². The number of unbranched alkanes of at least 4 members (excludes halogenated alkanes) is 22. The highest BCUT2D eigenvalue weighted by molar-refractivity contribution is 5.71. The SMILES string of the molecule is CC/C=C\C/C=C\C/C=C\C/C=C\C/C=C\C/C=C\C/C=C\C/C=C\C/C=C\CCCC(=O)OCC(COC(=O)CCCCCCCCCC)OC(=O)CCCCCCCCCCC/C=C\C/C=C\CCCCCCC. The summed E-state index contributed by atoms with van der Waals surface area (Å²) in [6.45, 7) is 6.44. The molecule has 6 nitrogen and oxygen atoms in total. The van der Waals surface area contributed by atoms with Crippen LogP contribution in [0.1, 0.15) is 271 Å². The highest BCUT2D eigenvalue weighted by Gasteiger charge is 2.19. The molecular weight excluding hydrogens is 937 g/mol. The molecule has 0 radical (unpaired) electrons. The van der Waals surface area contributed by atoms with Gasteiger partial charge in [-0.15, -0.1) is 0 Å². The lowest BCUT2D eigenvalue weighted by Gasteiger charge is -2.18. The van der Waals surface area contributed by atoms with E-state index in [-0.39, 0.29) is 37.5 Å². The molecule has 0 bridgehead atoms. The third-order valence-corrected chi connectivity index (χ3v) is 12.9. The molecule has 0 aromatic heterocycles. The topological polar surface area (TPSA) is 78.9 Å². The summed E-state index contributed by atoms with van der Waals surface area (Å²) in [6, 6.07) is 0. The fourth-order valence-electron chi connectivity index (χ4n) is 8.24. The predicted molar refractivity (Wildman–Crippen MR) is 329 cm³/mol. The summed E-state index contributed by atoms with van der Waals surface area (Å²) in [5, 5.41) is 0. The van der Waals surface area contributed by atoms with Crippen molar-refractivity contribution in [3.05, 3.63) is 134 Å². The van der Waals surface area contributed by atoms with Crippen molar-refractivity contribution in [1.29, 1.82) is 0 Å². The highest BCUT2D eigenvalue weighted by Crippen LogP contribution is 2.14. The third-order valence-electron chi connectivity index (χ3n) is 12.9. The van der Waals surface area contributed by atoms with E-state index in [0.29, 0.717) is 19.3 Å². The van der Waals surface area contributed by atoms with Crippen LogP contribution in [0.5, 0.6) is 0 Å². The molecule has 0 aliphatic heterocycles. The van der Waals surface area contributed by atoms with Crippen LogP contribution in [-0.4, -0.2) is 37.2 Å². The number of hydrogen-bond donors (Lipinski definition) is 0. The molecule has 6 heteroatoms. The Hall–Kier alpha value is -4.45. The van der Waals surface area contributed by atoms with Crippen molar-refractivity contribution in [1.82, 2.24) is 0 Å². The van der Waals surface area contributed by atoms with Gasteiger partial charge >= 0.3 is 17.9 Å². The van der Waals surface area contributed by atoms with Gasteiger partial charge < -0.3 is 14.2 Å². The van der Waals surface area contributed by atoms with Crippen LogP contribution >= 0.6 is 0 Å². The van der Waals surface area contributed by atoms with Crippen molar-refractivity contribution in [2.24, 2.45) is 0 Å². The van der Waals surface area contributed by atoms with Gasteiger partial charge in [0.15, 0.2) is 6.10 Å². The van der Waals surface area contributed by atoms with E-state index in [1.807, 2.05) is 0 Å². The maximum Gasteiger partial charge on any atom is 0.306 e. The molecule has 76 heavy (non-hydrogen) atoms. The van der Waals surface area contributed by atoms with E-state index < -0.39 is 6.10 Å². The highest BCUT2D eigenvalue weighted by atomic mass is 16.6. The van der Waals surface area contributed by atoms with Crippen molar-refractivity contribution >= 4 is 17.9 Å². The minimum atomic E-state index is -0.806. The monoisotopic (exact) mass is 1050 g/mol. The van der Waals surface area contributed by atoms with E-state index in [4.69, 9.17) is 14.2 Å². The summed E-state index contributed by atoms with van der Waals surface area (Å²) in [5.74, 6) is -0.972. The number of ether oxygens (including phenoxy) is 3. The fourth-order valence-corrected chi connectivity index (χ4v) is 8.24. The molecule has 0 heterocycles. The second kappa shape index (κ2) is 63.1. The summed E-state index contributed by atoms with van der Waals surface area (Å²) in [6.07, 6.45) is 89.0. The largest absolute Gasteiger partial charge is 0.462 e. The quantitative estimate of drug-likeness (QED) is 0.0261. The van der Waals surface area contributed by atoms with Gasteiger partial charge in [-0.3, -0.25) is 14.4 Å². The number of esters is 3. The molecule has 0 amide bonds. The van der Waals surface area contributed by atoms with E-state index in [1.54, 1.807) is 0 Å². The summed E-state index contributed by atoms with van der Waals surface area (Å²) in [5.41, 5.74) is 0. The Balaban J connectivity index is 4.34. The lowest BCUT2D eigenvalue weighted by atomic mass is 10.1. The van der Waals surface area contributed by atoms with Crippen molar-refractivity contribution in [3.8, 4) is 0 Å². The van der Waals surface area contributed by atoms with Crippen LogP contribution < -0.4 is 0 Å². The molecule has 0 spiro atoms. The average molecular weight is 1050 g/mol. The molecule has 0 saturated carbocycles. The Bertz CT molecular complexity index is 1630. The van der Waals surface area contributed by atoms with Crippen molar-refractivity contribution in [3.63, 3.8) is 0 Å². The van der Waals surface area contributed by atoms with Crippen LogP contribution in [-0.2, 0) is 28.6 Å². The molecular formula is C70H114O6. The minimum absolute atomic E-state index is 0.0999. The molecule has 0 rings (SSSR count). The van der Waals surface area contributed by atoms with Crippen LogP contribution in [0, 0.1) is 0 Å². The van der Waals surface area contributed by atoms with Crippen LogP contribution in [0.2, 0.25) is 0 Å². The number of hydrogen-bond acceptors (Lipinski definition) is 6. The van der Waals surface area contributed by atoms with Crippen molar-refractivity contribution < 1.29 is 28.6 Å². The summed E-state index contributed by atoms with van der Waals surface area (Å²) < 4.78 is 16.8. The first kappa shape index (κ1) is 71.5. The number of carbonyl (C=O) groups is 3. The maximum atomic E-state index is 12.9. The Kier molecular flexibility index (Phi) is 59.4. The molecule has 0 aromatic carbocycles. The first-order valence-electron chi connectivity index (χ1n) is 31.2. The van der Waals surface area contributed by atoms with Gasteiger partial charge in [-0.1, -0.05) is 270 Å². The second-order valence-electron chi connectivity index (χ2n) is 20.2. The predicted octanol–water partition coefficient (Wildman–Crippen LogP) is 21.4. The molecule has 0 aliphatic carbocycles. The molecule has 0 saturated heterocycles. The molecule has 1 atom stereocenters. The van der Waals surface area contributed by atoms with Gasteiger partial charge in [-0.05, 0) is 116 Å². The van der Waals surface area contributed by atoms with E-state index in [0.717, 1.165) is 109 Å². The summed E-state index contributed by atoms with van der Waals surface area (Å²) in [7, 11) is 0. The zero-order valence-corrected chi connectivity index (χ0v) is 49.2. The van der Waals surface area contributed by atoms with Gasteiger partial charge in [0.05, 0.1) is 0 Å². The summed E-state index contributed by atoms with van der Waals surface area (Å²) >= 11 is 0. The van der Waals surface area contributed by atoms with Crippen LogP contribution in [0.4, 0.5) is 0 Å². The molecule has 1 unspecified atom stereocenters. The normalized spacial score (nSPS) is 13.0. The zero-order chi connectivity index (χ0) is 55.0. The van der Waals surface area contributed by atoms with Gasteiger partial charge in [0.1, 0.15) is 13.2 Å². The Morgan fingerprint density at radius 3 is 0.855 bits per heavy atom. The van der Waals surface area contributed by atoms with Gasteiger partial charge in [-0.2, -0.15) is 0 Å². The average Bonchev–Trinajstić information content (AvgIpc) is 3.42. The Labute approximate surface area is 468 Å². The van der Waals surface area contributed by atoms with Crippen LogP contribution in [0.3, 0.4) is 0 Å². The maximum absolute atomic E-state index is 12.9. The fraction of sp³-hybridized carbons (Fsp3) is 0.643. The minimum Gasteiger partial charge on any atom is -0.462 e. The molecule has 430 valence electrons. The first-order valence-corrected chi connectivity index (χ1v) is 31.2. The second-order valence-corrected chi connectivity index (χ2v) is 20.2. The molecule has 0 N–H and O–H groups in total. The lowest BCUT2D eigenvalue weighted by Crippen LogP contribution is -2.30. The molecule has 0 aliphatic rings. The van der Waals surface area contributed by atoms with Gasteiger partial charge in [-0.25, -0.2) is 0 Å². The van der Waals surface area contributed by atoms with Crippen LogP contribution in [0.25, 0.3) is 0 Å². The number of rotatable bonds is 55. The Morgan fingerprint density at radius 2 is 0.526 bits per heavy atom. The Morgan fingerprint density at radius 1 is 0.276 bits per heavy atom. The zero-order valence-electron chi connectivity index (χ0n) is 49.2. The number of carbonyl (C=O) groups excluding carboxylic acids is 3. The standard InChI is InChI=1S/C70H114O6/c1-4-7-10-13-16-19-21-23-25-27-29-31-32-33-34-35-36-37-38-40-41-43-45-47-49-51-54-57-60-63-69(72)75-66-67(65-74-68(71)62-59-56-53-18-15-12-9-6-3)76-70(73)64-61-58-55-52-50-48-46-44-42-39-30-28-26-24-22-20-17-14-11-8-5-2/h7,10,16,19,22-25,28-31,33-34,36-37,40-41,45,47,51,54,67H,4-6,8-9,11-15,17-18,20-21,26-27,32,35,38-39,42-44,46,48-50,52-53,55-66H2,1-3H3/b10-7-,19-16-,24-22-,25-23-,30-28-,31-29-,34-33-,37-36-,41-40-,47-45-,54-51-. The van der Waals surface area contributed by atoms with Gasteiger partial charge in [0.25, 0.3) is 0 Å². The molecule has 0 fully saturated rings. The third kappa shape index (κ3) is 60.4. The first-order chi connectivity index (χ1) is 37.5. The summed E-state index contributed by atoms with van der Waals surface area (Å²) in [4.78, 5) is 38.1.